The van der Waals surface area contributed by atoms with Crippen molar-refractivity contribution in [3.8, 4) is 0 Å². The molecule has 1 aromatic rings. The number of nitrogens with one attached hydrogen (secondary N) is 1. The van der Waals surface area contributed by atoms with Gasteiger partial charge in [-0.25, -0.2) is 4.98 Å². The van der Waals surface area contributed by atoms with Crippen molar-refractivity contribution in [1.82, 2.24) is 15.2 Å². The molecule has 2 heterocycles. The highest BCUT2D eigenvalue weighted by atomic mass is 32.1. The molecule has 1 atom stereocenters. The van der Waals surface area contributed by atoms with Crippen LogP contribution in [0.1, 0.15) is 32.9 Å². The normalized spacial score (nSPS) is 19.4. The van der Waals surface area contributed by atoms with Crippen molar-refractivity contribution < 1.29 is 9.59 Å². The molecule has 1 saturated heterocycles. The summed E-state index contributed by atoms with van der Waals surface area (Å²) in [6.07, 6.45) is 1.05. The van der Waals surface area contributed by atoms with E-state index in [2.05, 4.69) is 10.3 Å². The average molecular weight is 295 g/mol. The third-order valence-corrected chi connectivity index (χ3v) is 4.10. The first kappa shape index (κ1) is 15.0. The van der Waals surface area contributed by atoms with E-state index in [0.717, 1.165) is 12.1 Å². The summed E-state index contributed by atoms with van der Waals surface area (Å²) >= 11 is 1.55. The van der Waals surface area contributed by atoms with Gasteiger partial charge in [-0.15, -0.1) is 11.3 Å². The molecule has 1 aromatic heterocycles. The number of thiazole rings is 1. The fourth-order valence-electron chi connectivity index (χ4n) is 2.35. The first-order valence-electron chi connectivity index (χ1n) is 6.83. The van der Waals surface area contributed by atoms with Crippen molar-refractivity contribution in [2.75, 3.05) is 13.1 Å². The SMILES string of the molecule is CC(C)(C)N1C[C@@H](C(=O)NCCc2cscn2)CC1=O. The monoisotopic (exact) mass is 295 g/mol. The Balaban J connectivity index is 1.80. The summed E-state index contributed by atoms with van der Waals surface area (Å²) in [5, 5.41) is 4.88. The van der Waals surface area contributed by atoms with E-state index >= 15 is 0 Å². The van der Waals surface area contributed by atoms with E-state index < -0.39 is 0 Å². The maximum atomic E-state index is 12.1. The zero-order chi connectivity index (χ0) is 14.8. The van der Waals surface area contributed by atoms with Gasteiger partial charge >= 0.3 is 0 Å². The fraction of sp³-hybridized carbons (Fsp3) is 0.643. The molecular weight excluding hydrogens is 274 g/mol. The molecule has 2 amide bonds. The molecule has 2 rings (SSSR count). The van der Waals surface area contributed by atoms with Gasteiger partial charge in [0.05, 0.1) is 17.1 Å². The first-order valence-corrected chi connectivity index (χ1v) is 7.77. The number of aromatic nitrogens is 1. The maximum Gasteiger partial charge on any atom is 0.225 e. The number of amides is 2. The fourth-order valence-corrected chi connectivity index (χ4v) is 2.94. The molecule has 1 N–H and O–H groups in total. The van der Waals surface area contributed by atoms with Crippen LogP contribution in [-0.4, -0.2) is 40.3 Å². The Labute approximate surface area is 123 Å². The van der Waals surface area contributed by atoms with Crippen molar-refractivity contribution in [1.29, 1.82) is 0 Å². The minimum atomic E-state index is -0.225. The van der Waals surface area contributed by atoms with Crippen molar-refractivity contribution >= 4 is 23.2 Å². The predicted octanol–water partition coefficient (Wildman–Crippen LogP) is 1.45. The Morgan fingerprint density at radius 3 is 2.85 bits per heavy atom. The van der Waals surface area contributed by atoms with Gasteiger partial charge in [0.25, 0.3) is 0 Å². The van der Waals surface area contributed by atoms with Crippen LogP contribution in [0.5, 0.6) is 0 Å². The Morgan fingerprint density at radius 1 is 1.55 bits per heavy atom. The second kappa shape index (κ2) is 5.91. The molecule has 110 valence electrons. The number of hydrogen-bond acceptors (Lipinski definition) is 4. The lowest BCUT2D eigenvalue weighted by Gasteiger charge is -2.31. The van der Waals surface area contributed by atoms with Crippen LogP contribution in [0, 0.1) is 5.92 Å². The molecule has 0 saturated carbocycles. The minimum absolute atomic E-state index is 0.0275. The number of carbonyl (C=O) groups excluding carboxylic acids is 2. The maximum absolute atomic E-state index is 12.1. The molecule has 0 bridgehead atoms. The van der Waals surface area contributed by atoms with Crippen LogP contribution in [0.25, 0.3) is 0 Å². The molecule has 1 aliphatic rings. The summed E-state index contributed by atoms with van der Waals surface area (Å²) in [5.74, 6) is -0.186. The van der Waals surface area contributed by atoms with E-state index in [-0.39, 0.29) is 23.3 Å². The van der Waals surface area contributed by atoms with Gasteiger partial charge in [-0.1, -0.05) is 0 Å². The lowest BCUT2D eigenvalue weighted by atomic mass is 10.1. The second-order valence-electron chi connectivity index (χ2n) is 6.10. The zero-order valence-electron chi connectivity index (χ0n) is 12.2. The highest BCUT2D eigenvalue weighted by molar-refractivity contribution is 7.07. The van der Waals surface area contributed by atoms with Crippen molar-refractivity contribution in [3.63, 3.8) is 0 Å². The highest BCUT2D eigenvalue weighted by Crippen LogP contribution is 2.25. The summed E-state index contributed by atoms with van der Waals surface area (Å²) in [5.41, 5.74) is 2.56. The standard InChI is InChI=1S/C14H21N3O2S/c1-14(2,3)17-7-10(6-12(17)18)13(19)15-5-4-11-8-20-9-16-11/h8-10H,4-7H2,1-3H3,(H,15,19)/t10-/m0/s1. The third-order valence-electron chi connectivity index (χ3n) is 3.47. The smallest absolute Gasteiger partial charge is 0.225 e. The molecule has 1 aliphatic heterocycles. The zero-order valence-corrected chi connectivity index (χ0v) is 13.0. The number of carbonyl (C=O) groups is 2. The number of likely N-dealkylation sites (tertiary alicyclic amines) is 1. The Kier molecular flexibility index (Phi) is 4.42. The van der Waals surface area contributed by atoms with E-state index in [4.69, 9.17) is 0 Å². The molecule has 0 radical (unpaired) electrons. The van der Waals surface area contributed by atoms with E-state index in [1.54, 1.807) is 21.7 Å². The van der Waals surface area contributed by atoms with Gasteiger partial charge in [0.2, 0.25) is 11.8 Å². The molecule has 1 fully saturated rings. The Bertz CT molecular complexity index is 479. The van der Waals surface area contributed by atoms with Crippen molar-refractivity contribution in [2.24, 2.45) is 5.92 Å². The second-order valence-corrected chi connectivity index (χ2v) is 6.82. The van der Waals surface area contributed by atoms with Crippen LogP contribution in [0.2, 0.25) is 0 Å². The van der Waals surface area contributed by atoms with Crippen LogP contribution >= 0.6 is 11.3 Å². The van der Waals surface area contributed by atoms with Gasteiger partial charge in [0, 0.05) is 36.9 Å². The highest BCUT2D eigenvalue weighted by Gasteiger charge is 2.39. The van der Waals surface area contributed by atoms with Crippen LogP contribution in [0.3, 0.4) is 0 Å². The van der Waals surface area contributed by atoms with Crippen LogP contribution in [-0.2, 0) is 16.0 Å². The summed E-state index contributed by atoms with van der Waals surface area (Å²) in [6, 6.07) is 0. The molecule has 0 unspecified atom stereocenters. The topological polar surface area (TPSA) is 62.3 Å². The molecule has 6 heteroatoms. The van der Waals surface area contributed by atoms with Gasteiger partial charge in [0.1, 0.15) is 0 Å². The summed E-state index contributed by atoms with van der Waals surface area (Å²) in [6.45, 7) is 7.07. The van der Waals surface area contributed by atoms with Gasteiger partial charge < -0.3 is 10.2 Å². The molecule has 20 heavy (non-hydrogen) atoms. The van der Waals surface area contributed by atoms with E-state index in [9.17, 15) is 9.59 Å². The molecular formula is C14H21N3O2S. The van der Waals surface area contributed by atoms with Gasteiger partial charge in [-0.05, 0) is 20.8 Å². The summed E-state index contributed by atoms with van der Waals surface area (Å²) in [4.78, 5) is 30.0. The quantitative estimate of drug-likeness (QED) is 0.914. The minimum Gasteiger partial charge on any atom is -0.355 e. The Morgan fingerprint density at radius 2 is 2.30 bits per heavy atom. The van der Waals surface area contributed by atoms with Crippen LogP contribution in [0.4, 0.5) is 0 Å². The molecule has 0 aliphatic carbocycles. The summed E-state index contributed by atoms with van der Waals surface area (Å²) < 4.78 is 0. The lowest BCUT2D eigenvalue weighted by Crippen LogP contribution is -2.43. The van der Waals surface area contributed by atoms with Gasteiger partial charge in [0.15, 0.2) is 0 Å². The van der Waals surface area contributed by atoms with E-state index in [1.807, 2.05) is 26.2 Å². The largest absolute Gasteiger partial charge is 0.355 e. The number of nitrogens with zero attached hydrogens (tertiary/aromatic N) is 2. The van der Waals surface area contributed by atoms with Crippen LogP contribution in [0.15, 0.2) is 10.9 Å². The first-order chi connectivity index (χ1) is 9.38. The Hall–Kier alpha value is -1.43. The number of hydrogen-bond donors (Lipinski definition) is 1. The van der Waals surface area contributed by atoms with Gasteiger partial charge in [-0.2, -0.15) is 0 Å². The average Bonchev–Trinajstić information content (AvgIpc) is 2.97. The molecule has 5 nitrogen and oxygen atoms in total. The van der Waals surface area contributed by atoms with Crippen LogP contribution < -0.4 is 5.32 Å². The van der Waals surface area contributed by atoms with E-state index in [0.29, 0.717) is 19.5 Å². The number of rotatable bonds is 4. The van der Waals surface area contributed by atoms with E-state index in [1.165, 1.54) is 0 Å². The third kappa shape index (κ3) is 3.56. The molecule has 0 aromatic carbocycles. The molecule has 0 spiro atoms. The lowest BCUT2D eigenvalue weighted by molar-refractivity contribution is -0.132. The van der Waals surface area contributed by atoms with Crippen molar-refractivity contribution in [3.05, 3.63) is 16.6 Å². The predicted molar refractivity (Wildman–Crippen MR) is 78.4 cm³/mol. The van der Waals surface area contributed by atoms with Crippen molar-refractivity contribution in [2.45, 2.75) is 39.2 Å². The van der Waals surface area contributed by atoms with Gasteiger partial charge in [-0.3, -0.25) is 9.59 Å². The summed E-state index contributed by atoms with van der Waals surface area (Å²) in [7, 11) is 0.